The van der Waals surface area contributed by atoms with Gasteiger partial charge in [-0.2, -0.15) is 0 Å². The van der Waals surface area contributed by atoms with E-state index >= 15 is 0 Å². The standard InChI is InChI=1S/C33H40N2O6S/c1-25-22-28(27-12-17-35(18-13-27)42(38,39)33(32(36)37)14-19-40-20-15-33)10-11-31(25)29-8-5-9-30(23-29)41-21-16-34-24-26-6-3-2-4-7-26/h2-11,22-23,27,34H,12-21,24H2,1H3,(H,36,37). The van der Waals surface area contributed by atoms with Crippen molar-refractivity contribution >= 4 is 16.0 Å². The number of sulfonamides is 1. The number of benzene rings is 3. The average Bonchev–Trinajstić information content (AvgIpc) is 3.02. The molecule has 0 spiro atoms. The fourth-order valence-corrected chi connectivity index (χ4v) is 8.14. The number of aryl methyl sites for hydroxylation is 1. The SMILES string of the molecule is Cc1cc(C2CCN(S(=O)(=O)C3(C(=O)O)CCOCC3)CC2)ccc1-c1cccc(OCCNCc2ccccc2)c1. The fourth-order valence-electron chi connectivity index (χ4n) is 6.05. The van der Waals surface area contributed by atoms with Crippen LogP contribution in [0.2, 0.25) is 0 Å². The highest BCUT2D eigenvalue weighted by Gasteiger charge is 2.54. The van der Waals surface area contributed by atoms with E-state index in [0.717, 1.165) is 35.5 Å². The van der Waals surface area contributed by atoms with Crippen LogP contribution in [0.15, 0.2) is 72.8 Å². The number of hydrogen-bond acceptors (Lipinski definition) is 6. The van der Waals surface area contributed by atoms with Gasteiger partial charge in [0.25, 0.3) is 0 Å². The molecule has 0 unspecified atom stereocenters. The van der Waals surface area contributed by atoms with Gasteiger partial charge >= 0.3 is 5.97 Å². The summed E-state index contributed by atoms with van der Waals surface area (Å²) in [5.74, 6) is -0.221. The van der Waals surface area contributed by atoms with Crippen LogP contribution < -0.4 is 10.1 Å². The first kappa shape index (κ1) is 30.2. The van der Waals surface area contributed by atoms with Crippen LogP contribution in [0.1, 0.15) is 48.3 Å². The van der Waals surface area contributed by atoms with Gasteiger partial charge in [0.2, 0.25) is 10.0 Å². The summed E-state index contributed by atoms with van der Waals surface area (Å²) >= 11 is 0. The molecule has 224 valence electrons. The summed E-state index contributed by atoms with van der Waals surface area (Å²) < 4.78 is 37.8. The average molecular weight is 593 g/mol. The van der Waals surface area contributed by atoms with Crippen molar-refractivity contribution in [3.8, 4) is 16.9 Å². The van der Waals surface area contributed by atoms with Gasteiger partial charge in [0.15, 0.2) is 4.75 Å². The van der Waals surface area contributed by atoms with Gasteiger partial charge < -0.3 is 19.9 Å². The molecular formula is C33H40N2O6S. The molecule has 2 fully saturated rings. The molecular weight excluding hydrogens is 552 g/mol. The lowest BCUT2D eigenvalue weighted by Crippen LogP contribution is -2.57. The summed E-state index contributed by atoms with van der Waals surface area (Å²) in [5.41, 5.74) is 5.80. The van der Waals surface area contributed by atoms with Gasteiger partial charge in [0, 0.05) is 52.2 Å². The lowest BCUT2D eigenvalue weighted by Gasteiger charge is -2.39. The first-order valence-electron chi connectivity index (χ1n) is 14.7. The molecule has 0 atom stereocenters. The van der Waals surface area contributed by atoms with Crippen LogP contribution in [0, 0.1) is 6.92 Å². The molecule has 0 bridgehead atoms. The Morgan fingerprint density at radius 1 is 1.02 bits per heavy atom. The molecule has 3 aromatic carbocycles. The van der Waals surface area contributed by atoms with Crippen molar-refractivity contribution in [2.45, 2.75) is 49.8 Å². The first-order chi connectivity index (χ1) is 20.3. The number of carbonyl (C=O) groups is 1. The monoisotopic (exact) mass is 592 g/mol. The molecule has 5 rings (SSSR count). The van der Waals surface area contributed by atoms with Crippen LogP contribution in [0.3, 0.4) is 0 Å². The maximum absolute atomic E-state index is 13.5. The normalized spacial score (nSPS) is 18.0. The number of ether oxygens (including phenoxy) is 2. The Balaban J connectivity index is 1.17. The van der Waals surface area contributed by atoms with E-state index in [1.807, 2.05) is 30.3 Å². The van der Waals surface area contributed by atoms with Gasteiger partial charge in [-0.25, -0.2) is 12.7 Å². The minimum Gasteiger partial charge on any atom is -0.492 e. The quantitative estimate of drug-likeness (QED) is 0.303. The second-order valence-electron chi connectivity index (χ2n) is 11.2. The summed E-state index contributed by atoms with van der Waals surface area (Å²) in [6.07, 6.45) is 1.29. The Hall–Kier alpha value is -3.24. The Morgan fingerprint density at radius 3 is 2.45 bits per heavy atom. The molecule has 2 N–H and O–H groups in total. The number of nitrogens with one attached hydrogen (secondary N) is 1. The lowest BCUT2D eigenvalue weighted by molar-refractivity contribution is -0.142. The summed E-state index contributed by atoms with van der Waals surface area (Å²) in [6, 6.07) is 24.9. The van der Waals surface area contributed by atoms with Crippen LogP contribution in [0.25, 0.3) is 11.1 Å². The van der Waals surface area contributed by atoms with E-state index in [1.54, 1.807) is 0 Å². The van der Waals surface area contributed by atoms with Crippen molar-refractivity contribution in [1.82, 2.24) is 9.62 Å². The fraction of sp³-hybridized carbons (Fsp3) is 0.424. The predicted octanol–water partition coefficient (Wildman–Crippen LogP) is 4.97. The van der Waals surface area contributed by atoms with Crippen molar-refractivity contribution in [2.75, 3.05) is 39.5 Å². The zero-order valence-corrected chi connectivity index (χ0v) is 24.9. The van der Waals surface area contributed by atoms with Crippen molar-refractivity contribution in [3.63, 3.8) is 0 Å². The van der Waals surface area contributed by atoms with Crippen molar-refractivity contribution in [1.29, 1.82) is 0 Å². The molecule has 0 aromatic heterocycles. The van der Waals surface area contributed by atoms with Crippen molar-refractivity contribution in [3.05, 3.63) is 89.5 Å². The highest BCUT2D eigenvalue weighted by Crippen LogP contribution is 2.38. The number of hydrogen-bond donors (Lipinski definition) is 2. The molecule has 42 heavy (non-hydrogen) atoms. The molecule has 2 aliphatic rings. The van der Waals surface area contributed by atoms with Gasteiger partial charge in [-0.1, -0.05) is 60.7 Å². The largest absolute Gasteiger partial charge is 0.492 e. The van der Waals surface area contributed by atoms with E-state index in [1.165, 1.54) is 15.4 Å². The van der Waals surface area contributed by atoms with Crippen LogP contribution >= 0.6 is 0 Å². The van der Waals surface area contributed by atoms with Crippen LogP contribution in [0.4, 0.5) is 0 Å². The number of piperidine rings is 1. The summed E-state index contributed by atoms with van der Waals surface area (Å²) in [6.45, 7) is 5.17. The highest BCUT2D eigenvalue weighted by molar-refractivity contribution is 7.91. The van der Waals surface area contributed by atoms with E-state index in [2.05, 4.69) is 54.7 Å². The zero-order valence-electron chi connectivity index (χ0n) is 24.1. The molecule has 0 saturated carbocycles. The number of carboxylic acids is 1. The third-order valence-corrected chi connectivity index (χ3v) is 11.2. The molecule has 3 aromatic rings. The lowest BCUT2D eigenvalue weighted by atomic mass is 9.87. The van der Waals surface area contributed by atoms with E-state index < -0.39 is 20.7 Å². The van der Waals surface area contributed by atoms with Crippen molar-refractivity contribution < 1.29 is 27.8 Å². The Bertz CT molecular complexity index is 1460. The number of nitrogens with zero attached hydrogens (tertiary/aromatic N) is 1. The molecule has 2 aliphatic heterocycles. The molecule has 9 heteroatoms. The Morgan fingerprint density at radius 2 is 1.76 bits per heavy atom. The van der Waals surface area contributed by atoms with Crippen LogP contribution in [-0.2, 0) is 26.1 Å². The van der Waals surface area contributed by atoms with Gasteiger partial charge in [-0.3, -0.25) is 4.79 Å². The van der Waals surface area contributed by atoms with Crippen LogP contribution in [0.5, 0.6) is 5.75 Å². The molecule has 2 saturated heterocycles. The summed E-state index contributed by atoms with van der Waals surface area (Å²) in [5, 5.41) is 13.3. The van der Waals surface area contributed by atoms with E-state index in [0.29, 0.717) is 32.5 Å². The van der Waals surface area contributed by atoms with Gasteiger partial charge in [0.1, 0.15) is 12.4 Å². The smallest absolute Gasteiger partial charge is 0.326 e. The second-order valence-corrected chi connectivity index (χ2v) is 13.5. The molecule has 2 heterocycles. The minimum atomic E-state index is -3.99. The van der Waals surface area contributed by atoms with Gasteiger partial charge in [-0.05, 0) is 65.6 Å². The van der Waals surface area contributed by atoms with Gasteiger partial charge in [0.05, 0.1) is 0 Å². The maximum Gasteiger partial charge on any atom is 0.326 e. The zero-order chi connectivity index (χ0) is 29.6. The second kappa shape index (κ2) is 13.4. The van der Waals surface area contributed by atoms with E-state index in [-0.39, 0.29) is 32.0 Å². The van der Waals surface area contributed by atoms with E-state index in [4.69, 9.17) is 9.47 Å². The molecule has 0 radical (unpaired) electrons. The topological polar surface area (TPSA) is 105 Å². The molecule has 0 amide bonds. The predicted molar refractivity (Wildman–Crippen MR) is 163 cm³/mol. The third kappa shape index (κ3) is 6.54. The Kier molecular flexibility index (Phi) is 9.63. The first-order valence-corrected chi connectivity index (χ1v) is 16.1. The summed E-state index contributed by atoms with van der Waals surface area (Å²) in [7, 11) is -3.99. The van der Waals surface area contributed by atoms with Gasteiger partial charge in [-0.15, -0.1) is 0 Å². The third-order valence-electron chi connectivity index (χ3n) is 8.56. The van der Waals surface area contributed by atoms with Crippen LogP contribution in [-0.4, -0.2) is 68.0 Å². The highest BCUT2D eigenvalue weighted by atomic mass is 32.2. The Labute approximate surface area is 248 Å². The van der Waals surface area contributed by atoms with E-state index in [9.17, 15) is 18.3 Å². The molecule has 0 aliphatic carbocycles. The molecule has 8 nitrogen and oxygen atoms in total. The minimum absolute atomic E-state index is 0.0113. The van der Waals surface area contributed by atoms with Crippen molar-refractivity contribution in [2.24, 2.45) is 0 Å². The number of rotatable bonds is 11. The summed E-state index contributed by atoms with van der Waals surface area (Å²) in [4.78, 5) is 12.1. The maximum atomic E-state index is 13.5. The number of aliphatic carboxylic acids is 1. The number of carboxylic acid groups (broad SMARTS) is 1.